The number of ketones is 1. The molecule has 0 amide bonds. The molecular weight excluding hydrogens is 120 g/mol. The van der Waals surface area contributed by atoms with E-state index in [1.807, 2.05) is 0 Å². The lowest BCUT2D eigenvalue weighted by atomic mass is 10.2. The maximum Gasteiger partial charge on any atom is 0.331 e. The molecule has 0 aliphatic rings. The monoisotopic (exact) mass is 128 g/mol. The van der Waals surface area contributed by atoms with Gasteiger partial charge in [-0.3, -0.25) is 4.79 Å². The zero-order valence-electron chi connectivity index (χ0n) is 5.34. The number of aliphatic carboxylic acids is 1. The number of carbonyl (C=O) groups is 2. The number of hydrogen-bond acceptors (Lipinski definition) is 2. The highest BCUT2D eigenvalue weighted by Crippen LogP contribution is 1.90. The summed E-state index contributed by atoms with van der Waals surface area (Å²) in [5.74, 6) is -1.29. The van der Waals surface area contributed by atoms with E-state index in [0.717, 1.165) is 6.08 Å². The first-order chi connectivity index (χ1) is 4.04. The van der Waals surface area contributed by atoms with Crippen molar-refractivity contribution in [1.82, 2.24) is 0 Å². The summed E-state index contributed by atoms with van der Waals surface area (Å²) in [6.07, 6.45) is 1.09. The van der Waals surface area contributed by atoms with Crippen LogP contribution < -0.4 is 0 Å². The maximum absolute atomic E-state index is 10.2. The van der Waals surface area contributed by atoms with Gasteiger partial charge < -0.3 is 5.11 Å². The predicted molar refractivity (Wildman–Crippen MR) is 32.1 cm³/mol. The van der Waals surface area contributed by atoms with Crippen molar-refractivity contribution in [3.63, 3.8) is 0 Å². The molecule has 3 heteroatoms. The van der Waals surface area contributed by atoms with E-state index in [2.05, 4.69) is 0 Å². The van der Waals surface area contributed by atoms with Crippen molar-refractivity contribution in [3.8, 4) is 0 Å². The molecule has 3 nitrogen and oxygen atoms in total. The van der Waals surface area contributed by atoms with Crippen molar-refractivity contribution in [2.75, 3.05) is 0 Å². The van der Waals surface area contributed by atoms with Crippen LogP contribution in [0.15, 0.2) is 11.6 Å². The van der Waals surface area contributed by atoms with Crippen LogP contribution in [-0.2, 0) is 9.59 Å². The van der Waals surface area contributed by atoms with Gasteiger partial charge in [-0.1, -0.05) is 0 Å². The number of hydrogen-bond donors (Lipinski definition) is 1. The first-order valence-electron chi connectivity index (χ1n) is 2.46. The Labute approximate surface area is 53.0 Å². The van der Waals surface area contributed by atoms with Gasteiger partial charge in [-0.25, -0.2) is 4.79 Å². The fraction of sp³-hybridized carbons (Fsp3) is 0.333. The lowest BCUT2D eigenvalue weighted by molar-refractivity contribution is -0.132. The van der Waals surface area contributed by atoms with Crippen LogP contribution in [0.3, 0.4) is 0 Å². The number of carbonyl (C=O) groups excluding carboxylic acids is 1. The van der Waals surface area contributed by atoms with Gasteiger partial charge in [0.25, 0.3) is 0 Å². The molecule has 0 unspecified atom stereocenters. The molecule has 0 aromatic carbocycles. The highest BCUT2D eigenvalue weighted by Gasteiger charge is 1.98. The van der Waals surface area contributed by atoms with E-state index in [9.17, 15) is 9.59 Å². The smallest absolute Gasteiger partial charge is 0.331 e. The molecule has 0 aromatic heterocycles. The minimum Gasteiger partial charge on any atom is -0.478 e. The fourth-order valence-corrected chi connectivity index (χ4v) is 0.367. The topological polar surface area (TPSA) is 54.4 Å². The summed E-state index contributed by atoms with van der Waals surface area (Å²) in [5.41, 5.74) is 0.0718. The van der Waals surface area contributed by atoms with Gasteiger partial charge >= 0.3 is 5.97 Å². The number of carboxylic acid groups (broad SMARTS) is 1. The molecular formula is C6H8O3. The van der Waals surface area contributed by atoms with E-state index in [-0.39, 0.29) is 11.4 Å². The van der Waals surface area contributed by atoms with Crippen LogP contribution in [0.5, 0.6) is 0 Å². The molecule has 0 aliphatic carbocycles. The van der Waals surface area contributed by atoms with Crippen LogP contribution in [-0.4, -0.2) is 16.9 Å². The summed E-state index contributed by atoms with van der Waals surface area (Å²) >= 11 is 0. The first-order valence-corrected chi connectivity index (χ1v) is 2.46. The van der Waals surface area contributed by atoms with Gasteiger partial charge in [-0.15, -0.1) is 0 Å². The summed E-state index contributed by atoms with van der Waals surface area (Å²) in [5, 5.41) is 8.21. The number of allylic oxidation sites excluding steroid dienone is 1. The molecule has 0 saturated carbocycles. The minimum atomic E-state index is -1.05. The minimum absolute atomic E-state index is 0.0718. The Bertz CT molecular complexity index is 167. The van der Waals surface area contributed by atoms with Crippen LogP contribution in [0.1, 0.15) is 13.8 Å². The second kappa shape index (κ2) is 3.02. The fourth-order valence-electron chi connectivity index (χ4n) is 0.367. The molecule has 0 rings (SSSR count). The van der Waals surface area contributed by atoms with Crippen LogP contribution in [0.2, 0.25) is 0 Å². The van der Waals surface area contributed by atoms with E-state index in [0.29, 0.717) is 0 Å². The molecule has 0 aliphatic heterocycles. The van der Waals surface area contributed by atoms with Gasteiger partial charge in [-0.05, 0) is 19.9 Å². The van der Waals surface area contributed by atoms with Crippen molar-refractivity contribution in [2.45, 2.75) is 13.8 Å². The molecule has 0 bridgehead atoms. The average molecular weight is 128 g/mol. The third-order valence-electron chi connectivity index (χ3n) is 0.757. The number of rotatable bonds is 2. The highest BCUT2D eigenvalue weighted by molar-refractivity contribution is 5.97. The van der Waals surface area contributed by atoms with Crippen LogP contribution in [0, 0.1) is 0 Å². The summed E-state index contributed by atoms with van der Waals surface area (Å²) in [7, 11) is 0. The molecule has 0 saturated heterocycles. The van der Waals surface area contributed by atoms with E-state index >= 15 is 0 Å². The Kier molecular flexibility index (Phi) is 2.64. The normalized spacial score (nSPS) is 11.1. The molecule has 0 radical (unpaired) electrons. The molecule has 0 heterocycles. The number of carboxylic acids is 1. The molecule has 0 spiro atoms. The highest BCUT2D eigenvalue weighted by atomic mass is 16.4. The summed E-state index contributed by atoms with van der Waals surface area (Å²) < 4.78 is 0. The van der Waals surface area contributed by atoms with Gasteiger partial charge in [0.15, 0.2) is 5.78 Å². The molecule has 1 N–H and O–H groups in total. The maximum atomic E-state index is 10.2. The quantitative estimate of drug-likeness (QED) is 0.554. The van der Waals surface area contributed by atoms with Crippen molar-refractivity contribution in [3.05, 3.63) is 11.6 Å². The lowest BCUT2D eigenvalue weighted by Crippen LogP contribution is -1.98. The van der Waals surface area contributed by atoms with Crippen molar-refractivity contribution >= 4 is 11.8 Å². The summed E-state index contributed by atoms with van der Waals surface area (Å²) in [4.78, 5) is 20.2. The molecule has 0 atom stereocenters. The van der Waals surface area contributed by atoms with Crippen LogP contribution in [0.25, 0.3) is 0 Å². The van der Waals surface area contributed by atoms with Crippen molar-refractivity contribution in [2.24, 2.45) is 0 Å². The second-order valence-electron chi connectivity index (χ2n) is 1.74. The first kappa shape index (κ1) is 7.88. The molecule has 50 valence electrons. The Morgan fingerprint density at radius 1 is 1.33 bits per heavy atom. The SMILES string of the molecule is CC(=O)/C=C(/C)C(=O)O. The van der Waals surface area contributed by atoms with E-state index in [1.54, 1.807) is 0 Å². The summed E-state index contributed by atoms with van der Waals surface area (Å²) in [6.45, 7) is 2.69. The van der Waals surface area contributed by atoms with Gasteiger partial charge in [0.05, 0.1) is 0 Å². The third kappa shape index (κ3) is 3.46. The lowest BCUT2D eigenvalue weighted by Gasteiger charge is -1.86. The molecule has 0 fully saturated rings. The van der Waals surface area contributed by atoms with E-state index in [4.69, 9.17) is 5.11 Å². The zero-order valence-corrected chi connectivity index (χ0v) is 5.34. The molecule has 9 heavy (non-hydrogen) atoms. The Morgan fingerprint density at radius 3 is 1.89 bits per heavy atom. The van der Waals surface area contributed by atoms with Crippen LogP contribution in [0.4, 0.5) is 0 Å². The molecule has 0 aromatic rings. The largest absolute Gasteiger partial charge is 0.478 e. The Balaban J connectivity index is 4.17. The Hall–Kier alpha value is -1.12. The van der Waals surface area contributed by atoms with Gasteiger partial charge in [0, 0.05) is 5.57 Å². The van der Waals surface area contributed by atoms with Gasteiger partial charge in [0.2, 0.25) is 0 Å². The van der Waals surface area contributed by atoms with E-state index in [1.165, 1.54) is 13.8 Å². The van der Waals surface area contributed by atoms with Crippen molar-refractivity contribution in [1.29, 1.82) is 0 Å². The second-order valence-corrected chi connectivity index (χ2v) is 1.74. The zero-order chi connectivity index (χ0) is 7.44. The van der Waals surface area contributed by atoms with Gasteiger partial charge in [0.1, 0.15) is 0 Å². The van der Waals surface area contributed by atoms with E-state index < -0.39 is 5.97 Å². The van der Waals surface area contributed by atoms with Gasteiger partial charge in [-0.2, -0.15) is 0 Å². The predicted octanol–water partition coefficient (Wildman–Crippen LogP) is 0.606. The van der Waals surface area contributed by atoms with Crippen LogP contribution >= 0.6 is 0 Å². The standard InChI is InChI=1S/C6H8O3/c1-4(6(8)9)3-5(2)7/h3H,1-2H3,(H,8,9)/b4-3-. The van der Waals surface area contributed by atoms with Crippen molar-refractivity contribution < 1.29 is 14.7 Å². The average Bonchev–Trinajstić information content (AvgIpc) is 1.63. The third-order valence-corrected chi connectivity index (χ3v) is 0.757. The Morgan fingerprint density at radius 2 is 1.78 bits per heavy atom. The summed E-state index contributed by atoms with van der Waals surface area (Å²) in [6, 6.07) is 0.